The van der Waals surface area contributed by atoms with E-state index in [1.165, 1.54) is 16.2 Å². The van der Waals surface area contributed by atoms with Crippen molar-refractivity contribution in [3.8, 4) is 5.75 Å². The van der Waals surface area contributed by atoms with Gasteiger partial charge in [0.1, 0.15) is 5.75 Å². The highest BCUT2D eigenvalue weighted by molar-refractivity contribution is 7.75. The van der Waals surface area contributed by atoms with Gasteiger partial charge >= 0.3 is 0 Å². The van der Waals surface area contributed by atoms with Gasteiger partial charge < -0.3 is 9.47 Å². The molecule has 0 radical (unpaired) electrons. The van der Waals surface area contributed by atoms with Crippen LogP contribution in [-0.4, -0.2) is 19.1 Å². The Kier molecular flexibility index (Phi) is 7.22. The fourth-order valence-electron chi connectivity index (χ4n) is 4.21. The van der Waals surface area contributed by atoms with Crippen LogP contribution in [-0.2, 0) is 10.2 Å². The van der Waals surface area contributed by atoms with Gasteiger partial charge in [-0.25, -0.2) is 0 Å². The van der Waals surface area contributed by atoms with E-state index in [9.17, 15) is 0 Å². The van der Waals surface area contributed by atoms with Crippen molar-refractivity contribution in [2.45, 2.75) is 51.6 Å². The van der Waals surface area contributed by atoms with Crippen LogP contribution >= 0.6 is 7.92 Å². The molecule has 1 aliphatic rings. The number of ether oxygens (including phenoxy) is 2. The zero-order valence-corrected chi connectivity index (χ0v) is 20.1. The Bertz CT molecular complexity index is 881. The van der Waals surface area contributed by atoms with Crippen LogP contribution in [0.1, 0.15) is 46.6 Å². The first kappa shape index (κ1) is 22.8. The number of para-hydroxylation sites is 1. The van der Waals surface area contributed by atoms with E-state index >= 15 is 0 Å². The quantitative estimate of drug-likeness (QED) is 0.367. The van der Waals surface area contributed by atoms with Gasteiger partial charge in [0.2, 0.25) is 0 Å². The van der Waals surface area contributed by atoms with Crippen LogP contribution < -0.4 is 15.3 Å². The third-order valence-corrected chi connectivity index (χ3v) is 9.17. The molecule has 2 aromatic carbocycles. The second kappa shape index (κ2) is 9.50. The van der Waals surface area contributed by atoms with Gasteiger partial charge in [-0.15, -0.1) is 0 Å². The van der Waals surface area contributed by atoms with Crippen molar-refractivity contribution in [2.75, 3.05) is 13.9 Å². The number of hydrogen-bond acceptors (Lipinski definition) is 2. The fraction of sp³-hybridized carbons (Fsp3) is 0.407. The largest absolute Gasteiger partial charge is 0.467 e. The summed E-state index contributed by atoms with van der Waals surface area (Å²) in [6.45, 7) is 11.7. The van der Waals surface area contributed by atoms with Crippen LogP contribution in [0.25, 0.3) is 0 Å². The molecular formula is C27H35O2P. The zero-order chi connectivity index (χ0) is 21.8. The first-order chi connectivity index (χ1) is 14.3. The van der Waals surface area contributed by atoms with E-state index in [1.807, 2.05) is 0 Å². The van der Waals surface area contributed by atoms with E-state index in [0.29, 0.717) is 5.92 Å². The molecule has 3 heteroatoms. The number of benzene rings is 2. The van der Waals surface area contributed by atoms with E-state index < -0.39 is 7.92 Å². The van der Waals surface area contributed by atoms with E-state index in [2.05, 4.69) is 107 Å². The third kappa shape index (κ3) is 4.41. The standard InChI is InChI=1S/C27H35O2P/c1-7-21(2)27(18-11-12-19-27)30(22-14-9-8-10-15-22)24-17-13-16-23(26(3,4)5)25(24)29-20-28-6/h8-19,21H,7,20H2,1-6H3. The summed E-state index contributed by atoms with van der Waals surface area (Å²) in [4.78, 5) is 0. The first-order valence-electron chi connectivity index (χ1n) is 10.8. The molecule has 0 bridgehead atoms. The Morgan fingerprint density at radius 3 is 2.20 bits per heavy atom. The third-order valence-electron chi connectivity index (χ3n) is 6.01. The minimum atomic E-state index is -0.736. The lowest BCUT2D eigenvalue weighted by atomic mass is 9.86. The summed E-state index contributed by atoms with van der Waals surface area (Å²) in [6, 6.07) is 17.6. The van der Waals surface area contributed by atoms with E-state index in [0.717, 1.165) is 12.2 Å². The SMILES string of the molecule is CCC(C)C1(P(c2ccccc2)c2cccc(C(C)(C)C)c2OCOC)C=CC=C1. The molecule has 3 rings (SSSR count). The highest BCUT2D eigenvalue weighted by atomic mass is 31.1. The molecule has 0 heterocycles. The maximum Gasteiger partial charge on any atom is 0.188 e. The Morgan fingerprint density at radius 1 is 0.967 bits per heavy atom. The van der Waals surface area contributed by atoms with E-state index in [4.69, 9.17) is 9.47 Å². The highest BCUT2D eigenvalue weighted by Crippen LogP contribution is 2.58. The van der Waals surface area contributed by atoms with Gasteiger partial charge in [-0.05, 0) is 24.6 Å². The second-order valence-electron chi connectivity index (χ2n) is 9.04. The van der Waals surface area contributed by atoms with Crippen LogP contribution in [0.4, 0.5) is 0 Å². The molecule has 0 fully saturated rings. The molecule has 2 aromatic rings. The molecule has 0 aromatic heterocycles. The Labute approximate surface area is 183 Å². The maximum atomic E-state index is 6.31. The van der Waals surface area contributed by atoms with Crippen LogP contribution in [0.3, 0.4) is 0 Å². The molecular weight excluding hydrogens is 387 g/mol. The van der Waals surface area contributed by atoms with Crippen molar-refractivity contribution in [3.63, 3.8) is 0 Å². The van der Waals surface area contributed by atoms with Crippen LogP contribution in [0.15, 0.2) is 72.8 Å². The predicted octanol–water partition coefficient (Wildman–Crippen LogP) is 6.31. The summed E-state index contributed by atoms with van der Waals surface area (Å²) in [5, 5.41) is 2.63. The molecule has 160 valence electrons. The molecule has 30 heavy (non-hydrogen) atoms. The monoisotopic (exact) mass is 422 g/mol. The second-order valence-corrected chi connectivity index (χ2v) is 11.5. The summed E-state index contributed by atoms with van der Waals surface area (Å²) in [7, 11) is 0.947. The Hall–Kier alpha value is -1.89. The summed E-state index contributed by atoms with van der Waals surface area (Å²) >= 11 is 0. The van der Waals surface area contributed by atoms with E-state index in [-0.39, 0.29) is 17.4 Å². The van der Waals surface area contributed by atoms with Gasteiger partial charge in [0.15, 0.2) is 6.79 Å². The van der Waals surface area contributed by atoms with E-state index in [1.54, 1.807) is 7.11 Å². The lowest BCUT2D eigenvalue weighted by molar-refractivity contribution is 0.0506. The minimum absolute atomic E-state index is 0.0261. The maximum absolute atomic E-state index is 6.31. The number of methoxy groups -OCH3 is 1. The number of hydrogen-bond donors (Lipinski definition) is 0. The van der Waals surface area contributed by atoms with Crippen LogP contribution in [0, 0.1) is 5.92 Å². The van der Waals surface area contributed by atoms with Gasteiger partial charge in [-0.3, -0.25) is 0 Å². The molecule has 0 amide bonds. The molecule has 0 aliphatic heterocycles. The Balaban J connectivity index is 2.30. The van der Waals surface area contributed by atoms with Gasteiger partial charge in [-0.2, -0.15) is 0 Å². The lowest BCUT2D eigenvalue weighted by Gasteiger charge is -2.41. The van der Waals surface area contributed by atoms with Gasteiger partial charge in [0, 0.05) is 23.1 Å². The molecule has 2 nitrogen and oxygen atoms in total. The average molecular weight is 423 g/mol. The summed E-state index contributed by atoms with van der Waals surface area (Å²) in [5.41, 5.74) is 1.20. The topological polar surface area (TPSA) is 18.5 Å². The minimum Gasteiger partial charge on any atom is -0.467 e. The van der Waals surface area contributed by atoms with Crippen LogP contribution in [0.5, 0.6) is 5.75 Å². The van der Waals surface area contributed by atoms with Crippen molar-refractivity contribution < 1.29 is 9.47 Å². The normalized spacial score (nSPS) is 17.1. The van der Waals surface area contributed by atoms with Crippen molar-refractivity contribution in [1.82, 2.24) is 0 Å². The van der Waals surface area contributed by atoms with Gasteiger partial charge in [0.05, 0.1) is 0 Å². The van der Waals surface area contributed by atoms with Crippen LogP contribution in [0.2, 0.25) is 0 Å². The molecule has 2 unspecified atom stereocenters. The Morgan fingerprint density at radius 2 is 1.63 bits per heavy atom. The van der Waals surface area contributed by atoms with Crippen molar-refractivity contribution in [1.29, 1.82) is 0 Å². The lowest BCUT2D eigenvalue weighted by Crippen LogP contribution is -2.37. The molecule has 2 atom stereocenters. The van der Waals surface area contributed by atoms with Gasteiger partial charge in [-0.1, -0.05) is 114 Å². The highest BCUT2D eigenvalue weighted by Gasteiger charge is 2.43. The van der Waals surface area contributed by atoms with Gasteiger partial charge in [0.25, 0.3) is 0 Å². The molecule has 1 aliphatic carbocycles. The zero-order valence-electron chi connectivity index (χ0n) is 19.2. The molecule has 0 spiro atoms. The predicted molar refractivity (Wildman–Crippen MR) is 131 cm³/mol. The van der Waals surface area contributed by atoms with Crippen molar-refractivity contribution in [3.05, 3.63) is 78.4 Å². The summed E-state index contributed by atoms with van der Waals surface area (Å²) in [5.74, 6) is 1.49. The summed E-state index contributed by atoms with van der Waals surface area (Å²) in [6.07, 6.45) is 10.4. The average Bonchev–Trinajstić information content (AvgIpc) is 3.23. The smallest absolute Gasteiger partial charge is 0.188 e. The number of rotatable bonds is 8. The summed E-state index contributed by atoms with van der Waals surface area (Å²) < 4.78 is 11.6. The van der Waals surface area contributed by atoms with Crippen molar-refractivity contribution in [2.24, 2.45) is 5.92 Å². The van der Waals surface area contributed by atoms with Crippen molar-refractivity contribution >= 4 is 18.5 Å². The molecule has 0 saturated carbocycles. The number of allylic oxidation sites excluding steroid dienone is 4. The molecule has 0 saturated heterocycles. The molecule has 0 N–H and O–H groups in total. The first-order valence-corrected chi connectivity index (χ1v) is 12.2. The fourth-order valence-corrected chi connectivity index (χ4v) is 7.54.